The first-order valence-electron chi connectivity index (χ1n) is 5.82. The fourth-order valence-electron chi connectivity index (χ4n) is 2.06. The fourth-order valence-corrected chi connectivity index (χ4v) is 2.83. The van der Waals surface area contributed by atoms with Crippen molar-refractivity contribution in [2.24, 2.45) is 5.73 Å². The number of benzene rings is 1. The zero-order chi connectivity index (χ0) is 13.0. The van der Waals surface area contributed by atoms with Gasteiger partial charge >= 0.3 is 0 Å². The van der Waals surface area contributed by atoms with E-state index >= 15 is 0 Å². The maximum absolute atomic E-state index is 10.4. The van der Waals surface area contributed by atoms with E-state index in [1.807, 2.05) is 41.8 Å². The minimum atomic E-state index is -0.591. The van der Waals surface area contributed by atoms with Crippen molar-refractivity contribution in [2.45, 2.75) is 12.0 Å². The lowest BCUT2D eigenvalue weighted by molar-refractivity contribution is 0.149. The van der Waals surface area contributed by atoms with E-state index in [2.05, 4.69) is 0 Å². The Morgan fingerprint density at radius 3 is 2.67 bits per heavy atom. The molecule has 0 aliphatic heterocycles. The molecule has 1 heterocycles. The SMILES string of the molecule is COc1ccccc1C(CN)C(O)c1cccs1. The first-order valence-corrected chi connectivity index (χ1v) is 6.70. The number of hydrogen-bond donors (Lipinski definition) is 2. The Morgan fingerprint density at radius 1 is 1.28 bits per heavy atom. The Kier molecular flexibility index (Phi) is 4.36. The van der Waals surface area contributed by atoms with E-state index in [0.29, 0.717) is 6.54 Å². The van der Waals surface area contributed by atoms with Gasteiger partial charge in [0.2, 0.25) is 0 Å². The molecule has 0 bridgehead atoms. The predicted octanol–water partition coefficient (Wildman–Crippen LogP) is 2.53. The first-order chi connectivity index (χ1) is 8.77. The van der Waals surface area contributed by atoms with Crippen molar-refractivity contribution >= 4 is 11.3 Å². The molecule has 1 aromatic heterocycles. The van der Waals surface area contributed by atoms with Gasteiger partial charge in [0.25, 0.3) is 0 Å². The monoisotopic (exact) mass is 263 g/mol. The number of aliphatic hydroxyl groups is 1. The van der Waals surface area contributed by atoms with Gasteiger partial charge in [-0.05, 0) is 17.5 Å². The summed E-state index contributed by atoms with van der Waals surface area (Å²) >= 11 is 1.54. The molecule has 2 unspecified atom stereocenters. The largest absolute Gasteiger partial charge is 0.496 e. The van der Waals surface area contributed by atoms with Crippen molar-refractivity contribution in [2.75, 3.05) is 13.7 Å². The van der Waals surface area contributed by atoms with Crippen LogP contribution >= 0.6 is 11.3 Å². The van der Waals surface area contributed by atoms with Crippen LogP contribution in [-0.4, -0.2) is 18.8 Å². The molecule has 96 valence electrons. The zero-order valence-corrected chi connectivity index (χ0v) is 11.1. The van der Waals surface area contributed by atoms with Gasteiger partial charge in [-0.15, -0.1) is 11.3 Å². The number of ether oxygens (including phenoxy) is 1. The van der Waals surface area contributed by atoms with E-state index in [4.69, 9.17) is 10.5 Å². The molecule has 0 radical (unpaired) electrons. The van der Waals surface area contributed by atoms with E-state index in [1.54, 1.807) is 7.11 Å². The van der Waals surface area contributed by atoms with Crippen LogP contribution in [0.5, 0.6) is 5.75 Å². The number of aliphatic hydroxyl groups excluding tert-OH is 1. The number of thiophene rings is 1. The van der Waals surface area contributed by atoms with Crippen LogP contribution in [0, 0.1) is 0 Å². The van der Waals surface area contributed by atoms with Crippen LogP contribution in [0.3, 0.4) is 0 Å². The van der Waals surface area contributed by atoms with E-state index in [0.717, 1.165) is 16.2 Å². The summed E-state index contributed by atoms with van der Waals surface area (Å²) in [6, 6.07) is 11.5. The van der Waals surface area contributed by atoms with E-state index in [1.165, 1.54) is 11.3 Å². The topological polar surface area (TPSA) is 55.5 Å². The van der Waals surface area contributed by atoms with Crippen LogP contribution in [0.15, 0.2) is 41.8 Å². The smallest absolute Gasteiger partial charge is 0.122 e. The van der Waals surface area contributed by atoms with Crippen LogP contribution in [0.2, 0.25) is 0 Å². The summed E-state index contributed by atoms with van der Waals surface area (Å²) in [4.78, 5) is 0.927. The molecule has 2 aromatic rings. The summed E-state index contributed by atoms with van der Waals surface area (Å²) < 4.78 is 5.33. The van der Waals surface area contributed by atoms with Gasteiger partial charge in [-0.2, -0.15) is 0 Å². The number of nitrogens with two attached hydrogens (primary N) is 1. The van der Waals surface area contributed by atoms with Gasteiger partial charge in [0, 0.05) is 22.9 Å². The maximum atomic E-state index is 10.4. The van der Waals surface area contributed by atoms with Crippen LogP contribution < -0.4 is 10.5 Å². The van der Waals surface area contributed by atoms with Gasteiger partial charge in [-0.25, -0.2) is 0 Å². The van der Waals surface area contributed by atoms with Gasteiger partial charge in [0.15, 0.2) is 0 Å². The molecule has 2 atom stereocenters. The number of rotatable bonds is 5. The van der Waals surface area contributed by atoms with Crippen molar-refractivity contribution in [3.05, 3.63) is 52.2 Å². The van der Waals surface area contributed by atoms with Gasteiger partial charge in [-0.1, -0.05) is 24.3 Å². The molecule has 0 amide bonds. The van der Waals surface area contributed by atoms with Crippen LogP contribution in [0.25, 0.3) is 0 Å². The highest BCUT2D eigenvalue weighted by Crippen LogP contribution is 2.36. The molecule has 2 rings (SSSR count). The molecule has 3 N–H and O–H groups in total. The summed E-state index contributed by atoms with van der Waals surface area (Å²) in [5.41, 5.74) is 6.77. The van der Waals surface area contributed by atoms with Crippen molar-refractivity contribution in [1.82, 2.24) is 0 Å². The molecular weight excluding hydrogens is 246 g/mol. The molecule has 0 fully saturated rings. The summed E-state index contributed by atoms with van der Waals surface area (Å²) in [5.74, 6) is 0.614. The molecule has 18 heavy (non-hydrogen) atoms. The number of methoxy groups -OCH3 is 1. The Hall–Kier alpha value is -1.36. The lowest BCUT2D eigenvalue weighted by Crippen LogP contribution is -2.20. The highest BCUT2D eigenvalue weighted by Gasteiger charge is 2.24. The highest BCUT2D eigenvalue weighted by molar-refractivity contribution is 7.10. The second kappa shape index (κ2) is 6.00. The van der Waals surface area contributed by atoms with E-state index < -0.39 is 6.10 Å². The van der Waals surface area contributed by atoms with Crippen molar-refractivity contribution in [3.8, 4) is 5.75 Å². The highest BCUT2D eigenvalue weighted by atomic mass is 32.1. The Labute approximate surface area is 111 Å². The van der Waals surface area contributed by atoms with Crippen molar-refractivity contribution in [3.63, 3.8) is 0 Å². The van der Waals surface area contributed by atoms with Crippen LogP contribution in [-0.2, 0) is 0 Å². The van der Waals surface area contributed by atoms with Gasteiger partial charge in [0.1, 0.15) is 5.75 Å². The van der Waals surface area contributed by atoms with Gasteiger partial charge in [0.05, 0.1) is 13.2 Å². The summed E-state index contributed by atoms with van der Waals surface area (Å²) in [5, 5.41) is 12.4. The minimum absolute atomic E-state index is 0.153. The first kappa shape index (κ1) is 13.1. The summed E-state index contributed by atoms with van der Waals surface area (Å²) in [6.45, 7) is 0.374. The minimum Gasteiger partial charge on any atom is -0.496 e. The molecule has 1 aromatic carbocycles. The number of para-hydroxylation sites is 1. The normalized spacial score (nSPS) is 14.2. The second-order valence-corrected chi connectivity index (χ2v) is 5.02. The molecule has 3 nitrogen and oxygen atoms in total. The molecule has 0 saturated heterocycles. The number of hydrogen-bond acceptors (Lipinski definition) is 4. The Bertz CT molecular complexity index is 484. The van der Waals surface area contributed by atoms with Gasteiger partial charge in [-0.3, -0.25) is 0 Å². The average molecular weight is 263 g/mol. The third-order valence-electron chi connectivity index (χ3n) is 3.01. The zero-order valence-electron chi connectivity index (χ0n) is 10.2. The molecule has 0 saturated carbocycles. The molecule has 0 spiro atoms. The summed E-state index contributed by atoms with van der Waals surface area (Å²) in [6.07, 6.45) is -0.591. The lowest BCUT2D eigenvalue weighted by Gasteiger charge is -2.22. The lowest BCUT2D eigenvalue weighted by atomic mass is 9.92. The molecule has 4 heteroatoms. The van der Waals surface area contributed by atoms with E-state index in [9.17, 15) is 5.11 Å². The third kappa shape index (κ3) is 2.56. The second-order valence-electron chi connectivity index (χ2n) is 4.04. The molecule has 0 aliphatic rings. The standard InChI is InChI=1S/C14H17NO2S/c1-17-12-6-3-2-5-10(12)11(9-15)14(16)13-7-4-8-18-13/h2-8,11,14,16H,9,15H2,1H3. The van der Waals surface area contributed by atoms with Crippen LogP contribution in [0.1, 0.15) is 22.5 Å². The van der Waals surface area contributed by atoms with Gasteiger partial charge < -0.3 is 15.6 Å². The Morgan fingerprint density at radius 2 is 2.06 bits per heavy atom. The quantitative estimate of drug-likeness (QED) is 0.871. The predicted molar refractivity (Wildman–Crippen MR) is 74.1 cm³/mol. The summed E-state index contributed by atoms with van der Waals surface area (Å²) in [7, 11) is 1.63. The Balaban J connectivity index is 2.33. The van der Waals surface area contributed by atoms with Crippen LogP contribution in [0.4, 0.5) is 0 Å². The fraction of sp³-hybridized carbons (Fsp3) is 0.286. The average Bonchev–Trinajstić information content (AvgIpc) is 2.94. The third-order valence-corrected chi connectivity index (χ3v) is 3.95. The van der Waals surface area contributed by atoms with Crippen molar-refractivity contribution in [1.29, 1.82) is 0 Å². The maximum Gasteiger partial charge on any atom is 0.122 e. The molecule has 0 aliphatic carbocycles. The van der Waals surface area contributed by atoms with Crippen molar-refractivity contribution < 1.29 is 9.84 Å². The van der Waals surface area contributed by atoms with E-state index in [-0.39, 0.29) is 5.92 Å². The molecular formula is C14H17NO2S.